The molecule has 3 atom stereocenters. The van der Waals surface area contributed by atoms with Crippen LogP contribution in [0, 0.1) is 11.6 Å². The minimum atomic E-state index is -3.85. The normalized spacial score (nSPS) is 23.7. The van der Waals surface area contributed by atoms with Gasteiger partial charge in [-0.15, -0.1) is 0 Å². The highest BCUT2D eigenvalue weighted by Crippen LogP contribution is 2.30. The molecule has 1 unspecified atom stereocenters. The van der Waals surface area contributed by atoms with Crippen LogP contribution in [0.3, 0.4) is 0 Å². The van der Waals surface area contributed by atoms with Crippen molar-refractivity contribution in [1.29, 1.82) is 0 Å². The number of hydrogen-bond acceptors (Lipinski definition) is 4. The van der Waals surface area contributed by atoms with E-state index >= 15 is 0 Å². The number of halogens is 3. The van der Waals surface area contributed by atoms with Gasteiger partial charge in [0.15, 0.2) is 0 Å². The molecular formula is C17H18BrF2N3O3S. The molecule has 1 saturated heterocycles. The second kappa shape index (κ2) is 7.80. The van der Waals surface area contributed by atoms with E-state index < -0.39 is 40.2 Å². The van der Waals surface area contributed by atoms with E-state index in [1.807, 2.05) is 0 Å². The summed E-state index contributed by atoms with van der Waals surface area (Å²) in [4.78, 5) is 0. The molecular weight excluding hydrogens is 444 g/mol. The number of nitrogens with zero attached hydrogens (tertiary/aromatic N) is 1. The fourth-order valence-electron chi connectivity index (χ4n) is 2.96. The smallest absolute Gasteiger partial charge is 0.280 e. The van der Waals surface area contributed by atoms with E-state index in [9.17, 15) is 22.3 Å². The lowest BCUT2D eigenvalue weighted by Gasteiger charge is -2.39. The molecule has 2 aromatic rings. The maximum absolute atomic E-state index is 13.4. The summed E-state index contributed by atoms with van der Waals surface area (Å²) in [6.07, 6.45) is -0.995. The van der Waals surface area contributed by atoms with E-state index in [0.29, 0.717) is 11.3 Å². The van der Waals surface area contributed by atoms with Gasteiger partial charge in [0, 0.05) is 18.8 Å². The molecule has 0 aromatic heterocycles. The summed E-state index contributed by atoms with van der Waals surface area (Å²) in [5.41, 5.74) is 1.02. The first-order chi connectivity index (χ1) is 12.7. The molecule has 0 radical (unpaired) electrons. The fourth-order valence-corrected chi connectivity index (χ4v) is 4.65. The van der Waals surface area contributed by atoms with Gasteiger partial charge in [0.25, 0.3) is 10.2 Å². The van der Waals surface area contributed by atoms with Gasteiger partial charge in [0.1, 0.15) is 17.9 Å². The van der Waals surface area contributed by atoms with Crippen LogP contribution in [0.4, 0.5) is 14.5 Å². The van der Waals surface area contributed by atoms with Gasteiger partial charge in [0.05, 0.1) is 10.5 Å². The van der Waals surface area contributed by atoms with Crippen LogP contribution in [0.2, 0.25) is 0 Å². The van der Waals surface area contributed by atoms with Crippen molar-refractivity contribution in [2.45, 2.75) is 24.7 Å². The number of rotatable bonds is 4. The summed E-state index contributed by atoms with van der Waals surface area (Å²) in [5.74, 6) is -0.873. The van der Waals surface area contributed by atoms with Gasteiger partial charge in [-0.25, -0.2) is 8.78 Å². The second-order valence-electron chi connectivity index (χ2n) is 6.26. The van der Waals surface area contributed by atoms with Gasteiger partial charge in [-0.2, -0.15) is 17.4 Å². The molecule has 3 N–H and O–H groups in total. The van der Waals surface area contributed by atoms with Crippen LogP contribution in [0.1, 0.15) is 18.0 Å². The van der Waals surface area contributed by atoms with E-state index in [1.54, 1.807) is 0 Å². The Kier molecular flexibility index (Phi) is 5.82. The van der Waals surface area contributed by atoms with E-state index in [4.69, 9.17) is 0 Å². The number of anilines is 1. The summed E-state index contributed by atoms with van der Waals surface area (Å²) in [6, 6.07) is 8.21. The first kappa shape index (κ1) is 20.2. The fraction of sp³-hybridized carbons (Fsp3) is 0.294. The second-order valence-corrected chi connectivity index (χ2v) is 8.88. The quantitative estimate of drug-likeness (QED) is 0.611. The van der Waals surface area contributed by atoms with Gasteiger partial charge in [-0.1, -0.05) is 12.1 Å². The number of nitrogens with one attached hydrogen (secondary N) is 2. The van der Waals surface area contributed by atoms with Crippen LogP contribution in [0.5, 0.6) is 0 Å². The Morgan fingerprint density at radius 2 is 1.93 bits per heavy atom. The summed E-state index contributed by atoms with van der Waals surface area (Å²) in [7, 11) is -2.49. The molecule has 1 heterocycles. The maximum atomic E-state index is 13.4. The van der Waals surface area contributed by atoms with Crippen molar-refractivity contribution in [3.8, 4) is 0 Å². The molecule has 1 aliphatic rings. The van der Waals surface area contributed by atoms with Crippen LogP contribution in [0.25, 0.3) is 0 Å². The van der Waals surface area contributed by atoms with E-state index in [1.165, 1.54) is 49.5 Å². The van der Waals surface area contributed by atoms with Crippen molar-refractivity contribution < 1.29 is 22.3 Å². The lowest BCUT2D eigenvalue weighted by molar-refractivity contribution is 0.102. The topological polar surface area (TPSA) is 81.7 Å². The molecule has 0 amide bonds. The summed E-state index contributed by atoms with van der Waals surface area (Å²) < 4.78 is 55.2. The highest BCUT2D eigenvalue weighted by Gasteiger charge is 2.40. The average molecular weight is 462 g/mol. The molecule has 2 aromatic carbocycles. The standard InChI is InChI=1S/C17H18BrF2N3O3S/c1-23-16(17(24)21-12-6-7-14(20)13(18)8-12)9-15(22-27(23,25)26)10-2-4-11(19)5-3-10/h2-8,15-17,21-22,24H,9H2,1H3/t15-,16+,17?/m0/s1. The first-order valence-electron chi connectivity index (χ1n) is 8.08. The Hall–Kier alpha value is -1.59. The van der Waals surface area contributed by atoms with Gasteiger partial charge in [0.2, 0.25) is 0 Å². The van der Waals surface area contributed by atoms with Gasteiger partial charge in [-0.05, 0) is 58.2 Å². The minimum absolute atomic E-state index is 0.218. The largest absolute Gasteiger partial charge is 0.372 e. The number of aliphatic hydroxyl groups is 1. The van der Waals surface area contributed by atoms with Gasteiger partial charge < -0.3 is 10.4 Å². The predicted octanol–water partition coefficient (Wildman–Crippen LogP) is 2.74. The molecule has 0 aliphatic carbocycles. The van der Waals surface area contributed by atoms with E-state index in [-0.39, 0.29) is 10.9 Å². The zero-order valence-corrected chi connectivity index (χ0v) is 16.6. The number of likely N-dealkylation sites (N-methyl/N-ethyl adjacent to an activating group) is 1. The molecule has 3 rings (SSSR count). The van der Waals surface area contributed by atoms with Crippen LogP contribution >= 0.6 is 15.9 Å². The first-order valence-corrected chi connectivity index (χ1v) is 10.3. The Morgan fingerprint density at radius 3 is 2.56 bits per heavy atom. The Bertz CT molecular complexity index is 928. The van der Waals surface area contributed by atoms with Gasteiger partial charge in [-0.3, -0.25) is 0 Å². The highest BCUT2D eigenvalue weighted by molar-refractivity contribution is 9.10. The molecule has 1 aliphatic heterocycles. The molecule has 6 nitrogen and oxygen atoms in total. The van der Waals surface area contributed by atoms with E-state index in [2.05, 4.69) is 26.0 Å². The number of aliphatic hydroxyl groups excluding tert-OH is 1. The third kappa shape index (κ3) is 4.46. The van der Waals surface area contributed by atoms with E-state index in [0.717, 1.165) is 4.31 Å². The molecule has 0 saturated carbocycles. The molecule has 10 heteroatoms. The highest BCUT2D eigenvalue weighted by atomic mass is 79.9. The van der Waals surface area contributed by atoms with Crippen molar-refractivity contribution >= 4 is 31.8 Å². The number of benzene rings is 2. The molecule has 27 heavy (non-hydrogen) atoms. The van der Waals surface area contributed by atoms with Crippen molar-refractivity contribution in [2.24, 2.45) is 0 Å². The predicted molar refractivity (Wildman–Crippen MR) is 101 cm³/mol. The Morgan fingerprint density at radius 1 is 1.26 bits per heavy atom. The third-order valence-corrected chi connectivity index (χ3v) is 6.70. The van der Waals surface area contributed by atoms with Crippen molar-refractivity contribution in [3.05, 3.63) is 64.1 Å². The molecule has 0 bridgehead atoms. The van der Waals surface area contributed by atoms with Crippen LogP contribution < -0.4 is 10.0 Å². The Labute approximate surface area is 164 Å². The summed E-state index contributed by atoms with van der Waals surface area (Å²) >= 11 is 3.06. The zero-order valence-electron chi connectivity index (χ0n) is 14.2. The minimum Gasteiger partial charge on any atom is -0.372 e. The molecule has 0 spiro atoms. The zero-order chi connectivity index (χ0) is 19.8. The van der Waals surface area contributed by atoms with Gasteiger partial charge >= 0.3 is 0 Å². The third-order valence-electron chi connectivity index (χ3n) is 4.49. The lowest BCUT2D eigenvalue weighted by atomic mass is 9.99. The Balaban J connectivity index is 1.83. The number of hydrogen-bond donors (Lipinski definition) is 3. The SMILES string of the molecule is CN1[C@@H](C(O)Nc2ccc(F)c(Br)c2)C[C@@H](c2ccc(F)cc2)NS1(=O)=O. The molecule has 146 valence electrons. The monoisotopic (exact) mass is 461 g/mol. The van der Waals surface area contributed by atoms with Crippen LogP contribution in [-0.4, -0.2) is 37.1 Å². The van der Waals surface area contributed by atoms with Crippen molar-refractivity contribution in [2.75, 3.05) is 12.4 Å². The molecule has 1 fully saturated rings. The van der Waals surface area contributed by atoms with Crippen LogP contribution in [-0.2, 0) is 10.2 Å². The lowest BCUT2D eigenvalue weighted by Crippen LogP contribution is -2.57. The average Bonchev–Trinajstić information content (AvgIpc) is 2.61. The van der Waals surface area contributed by atoms with Crippen LogP contribution in [0.15, 0.2) is 46.9 Å². The maximum Gasteiger partial charge on any atom is 0.280 e. The van der Waals surface area contributed by atoms with Crippen molar-refractivity contribution in [1.82, 2.24) is 9.03 Å². The summed E-state index contributed by atoms with van der Waals surface area (Å²) in [5, 5.41) is 13.4. The summed E-state index contributed by atoms with van der Waals surface area (Å²) in [6.45, 7) is 0. The van der Waals surface area contributed by atoms with Crippen molar-refractivity contribution in [3.63, 3.8) is 0 Å².